The van der Waals surface area contributed by atoms with Gasteiger partial charge in [0.15, 0.2) is 0 Å². The Morgan fingerprint density at radius 1 is 1.33 bits per heavy atom. The van der Waals surface area contributed by atoms with E-state index < -0.39 is 11.7 Å². The van der Waals surface area contributed by atoms with E-state index in [9.17, 15) is 13.2 Å². The van der Waals surface area contributed by atoms with Crippen molar-refractivity contribution in [1.29, 1.82) is 5.26 Å². The van der Waals surface area contributed by atoms with Gasteiger partial charge in [-0.05, 0) is 53.9 Å². The molecule has 0 radical (unpaired) electrons. The molecule has 2 nitrogen and oxygen atoms in total. The molecule has 0 spiro atoms. The summed E-state index contributed by atoms with van der Waals surface area (Å²) in [6.45, 7) is 1.91. The highest BCUT2D eigenvalue weighted by atomic mass is 32.1. The lowest BCUT2D eigenvalue weighted by Crippen LogP contribution is -2.18. The maximum absolute atomic E-state index is 12.9. The molecule has 2 rings (SSSR count). The highest BCUT2D eigenvalue weighted by Crippen LogP contribution is 2.33. The molecule has 1 heterocycles. The van der Waals surface area contributed by atoms with Crippen molar-refractivity contribution in [2.75, 3.05) is 5.32 Å². The summed E-state index contributed by atoms with van der Waals surface area (Å²) in [6, 6.07) is 7.24. The largest absolute Gasteiger partial charge is 0.417 e. The first-order chi connectivity index (χ1) is 9.90. The van der Waals surface area contributed by atoms with Gasteiger partial charge in [-0.2, -0.15) is 29.8 Å². The van der Waals surface area contributed by atoms with E-state index in [1.807, 2.05) is 23.8 Å². The Labute approximate surface area is 124 Å². The van der Waals surface area contributed by atoms with Crippen molar-refractivity contribution < 1.29 is 13.2 Å². The summed E-state index contributed by atoms with van der Waals surface area (Å²) in [6.07, 6.45) is -3.80. The van der Waals surface area contributed by atoms with Crippen molar-refractivity contribution >= 4 is 17.0 Å². The van der Waals surface area contributed by atoms with Crippen LogP contribution in [0.2, 0.25) is 0 Å². The lowest BCUT2D eigenvalue weighted by Gasteiger charge is -2.17. The summed E-state index contributed by atoms with van der Waals surface area (Å²) in [7, 11) is 0. The Hall–Kier alpha value is -2.00. The van der Waals surface area contributed by atoms with E-state index in [0.29, 0.717) is 5.69 Å². The minimum atomic E-state index is -4.53. The first kappa shape index (κ1) is 15.4. The van der Waals surface area contributed by atoms with E-state index in [-0.39, 0.29) is 11.6 Å². The number of rotatable bonds is 4. The van der Waals surface area contributed by atoms with Gasteiger partial charge in [0.25, 0.3) is 0 Å². The number of hydrogen-bond donors (Lipinski definition) is 1. The third kappa shape index (κ3) is 3.99. The number of nitrogens with one attached hydrogen (secondary N) is 1. The molecule has 110 valence electrons. The van der Waals surface area contributed by atoms with Gasteiger partial charge in [0, 0.05) is 11.7 Å². The molecule has 0 saturated carbocycles. The highest BCUT2D eigenvalue weighted by molar-refractivity contribution is 7.07. The number of thiophene rings is 1. The van der Waals surface area contributed by atoms with Crippen molar-refractivity contribution in [2.45, 2.75) is 25.6 Å². The zero-order chi connectivity index (χ0) is 15.5. The molecular weight excluding hydrogens is 297 g/mol. The Balaban J connectivity index is 2.16. The van der Waals surface area contributed by atoms with Gasteiger partial charge in [0.1, 0.15) is 0 Å². The van der Waals surface area contributed by atoms with Crippen LogP contribution in [0.1, 0.15) is 23.6 Å². The molecule has 1 unspecified atom stereocenters. The van der Waals surface area contributed by atoms with Crippen LogP contribution in [0.3, 0.4) is 0 Å². The van der Waals surface area contributed by atoms with E-state index in [4.69, 9.17) is 5.26 Å². The fraction of sp³-hybridized carbons (Fsp3) is 0.267. The quantitative estimate of drug-likeness (QED) is 0.890. The summed E-state index contributed by atoms with van der Waals surface area (Å²) in [4.78, 5) is 0. The van der Waals surface area contributed by atoms with E-state index in [1.165, 1.54) is 12.1 Å². The number of alkyl halides is 3. The number of benzene rings is 1. The molecule has 0 fully saturated rings. The second kappa shape index (κ2) is 6.19. The highest BCUT2D eigenvalue weighted by Gasteiger charge is 2.33. The second-order valence-electron chi connectivity index (χ2n) is 4.75. The average Bonchev–Trinajstić information content (AvgIpc) is 2.90. The molecule has 1 N–H and O–H groups in total. The molecule has 0 bridgehead atoms. The Morgan fingerprint density at radius 2 is 2.10 bits per heavy atom. The number of hydrogen-bond acceptors (Lipinski definition) is 3. The Morgan fingerprint density at radius 3 is 2.67 bits per heavy atom. The molecule has 0 aliphatic heterocycles. The maximum Gasteiger partial charge on any atom is 0.417 e. The van der Waals surface area contributed by atoms with Gasteiger partial charge in [-0.1, -0.05) is 0 Å². The first-order valence-corrected chi connectivity index (χ1v) is 7.23. The molecular formula is C15H13F3N2S. The second-order valence-corrected chi connectivity index (χ2v) is 5.53. The van der Waals surface area contributed by atoms with Crippen molar-refractivity contribution in [2.24, 2.45) is 0 Å². The molecule has 6 heteroatoms. The van der Waals surface area contributed by atoms with Crippen molar-refractivity contribution in [3.05, 3.63) is 51.7 Å². The fourth-order valence-corrected chi connectivity index (χ4v) is 2.75. The maximum atomic E-state index is 12.9. The number of nitrogens with zero attached hydrogens (tertiary/aromatic N) is 1. The van der Waals surface area contributed by atoms with E-state index in [0.717, 1.165) is 18.1 Å². The van der Waals surface area contributed by atoms with Crippen molar-refractivity contribution in [3.8, 4) is 6.07 Å². The monoisotopic (exact) mass is 310 g/mol. The van der Waals surface area contributed by atoms with Gasteiger partial charge in [-0.3, -0.25) is 0 Å². The summed E-state index contributed by atoms with van der Waals surface area (Å²) in [5, 5.41) is 15.8. The summed E-state index contributed by atoms with van der Waals surface area (Å²) < 4.78 is 38.6. The predicted octanol–water partition coefficient (Wildman–Crippen LogP) is 4.68. The number of anilines is 1. The third-order valence-corrected chi connectivity index (χ3v) is 3.71. The van der Waals surface area contributed by atoms with Gasteiger partial charge in [0.2, 0.25) is 0 Å². The molecule has 21 heavy (non-hydrogen) atoms. The van der Waals surface area contributed by atoms with Gasteiger partial charge in [-0.15, -0.1) is 0 Å². The Kier molecular flexibility index (Phi) is 4.53. The van der Waals surface area contributed by atoms with Crippen LogP contribution in [0.15, 0.2) is 35.0 Å². The average molecular weight is 310 g/mol. The molecule has 1 aromatic heterocycles. The molecule has 0 aliphatic carbocycles. The predicted molar refractivity (Wildman–Crippen MR) is 77.3 cm³/mol. The molecule has 1 aromatic carbocycles. The molecule has 0 amide bonds. The van der Waals surface area contributed by atoms with Crippen molar-refractivity contribution in [3.63, 3.8) is 0 Å². The summed E-state index contributed by atoms with van der Waals surface area (Å²) >= 11 is 1.59. The first-order valence-electron chi connectivity index (χ1n) is 6.29. The van der Waals surface area contributed by atoms with E-state index >= 15 is 0 Å². The van der Waals surface area contributed by atoms with Crippen LogP contribution in [0.5, 0.6) is 0 Å². The molecule has 2 aromatic rings. The van der Waals surface area contributed by atoms with Crippen LogP contribution in [0.4, 0.5) is 18.9 Å². The SMILES string of the molecule is CC(Cc1ccsc1)Nc1ccc(C#N)c(C(F)(F)F)c1. The van der Waals surface area contributed by atoms with Gasteiger partial charge >= 0.3 is 6.18 Å². The van der Waals surface area contributed by atoms with Gasteiger partial charge in [-0.25, -0.2) is 0 Å². The van der Waals surface area contributed by atoms with Gasteiger partial charge in [0.05, 0.1) is 17.2 Å². The zero-order valence-electron chi connectivity index (χ0n) is 11.2. The van der Waals surface area contributed by atoms with Crippen molar-refractivity contribution in [1.82, 2.24) is 0 Å². The van der Waals surface area contributed by atoms with Crippen LogP contribution < -0.4 is 5.32 Å². The fourth-order valence-electron chi connectivity index (χ4n) is 2.06. The Bertz CT molecular complexity index is 642. The lowest BCUT2D eigenvalue weighted by molar-refractivity contribution is -0.137. The summed E-state index contributed by atoms with van der Waals surface area (Å²) in [5.41, 5.74) is 0.241. The minimum Gasteiger partial charge on any atom is -0.382 e. The molecule has 0 aliphatic rings. The van der Waals surface area contributed by atoms with Crippen LogP contribution in [0.25, 0.3) is 0 Å². The smallest absolute Gasteiger partial charge is 0.382 e. The third-order valence-electron chi connectivity index (χ3n) is 2.98. The van der Waals surface area contributed by atoms with Crippen LogP contribution in [0, 0.1) is 11.3 Å². The normalized spacial score (nSPS) is 12.7. The number of nitriles is 1. The van der Waals surface area contributed by atoms with Crippen LogP contribution >= 0.6 is 11.3 Å². The van der Waals surface area contributed by atoms with Gasteiger partial charge < -0.3 is 5.32 Å². The minimum absolute atomic E-state index is 0.00591. The van der Waals surface area contributed by atoms with Crippen LogP contribution in [-0.4, -0.2) is 6.04 Å². The number of halogens is 3. The molecule has 0 saturated heterocycles. The lowest BCUT2D eigenvalue weighted by atomic mass is 10.1. The molecule has 1 atom stereocenters. The van der Waals surface area contributed by atoms with E-state index in [1.54, 1.807) is 17.4 Å². The topological polar surface area (TPSA) is 35.8 Å². The van der Waals surface area contributed by atoms with Crippen LogP contribution in [-0.2, 0) is 12.6 Å². The summed E-state index contributed by atoms with van der Waals surface area (Å²) in [5.74, 6) is 0. The standard InChI is InChI=1S/C15H13F3N2S/c1-10(6-11-4-5-21-9-11)20-13-3-2-12(8-19)14(7-13)15(16,17)18/h2-5,7,9-10,20H,6H2,1H3. The van der Waals surface area contributed by atoms with E-state index in [2.05, 4.69) is 5.32 Å². The zero-order valence-corrected chi connectivity index (χ0v) is 12.1.